The predicted octanol–water partition coefficient (Wildman–Crippen LogP) is 3.52. The van der Waals surface area contributed by atoms with Gasteiger partial charge in [-0.1, -0.05) is 43.7 Å². The molecule has 2 N–H and O–H groups in total. The van der Waals surface area contributed by atoms with Crippen molar-refractivity contribution in [1.29, 1.82) is 0 Å². The van der Waals surface area contributed by atoms with Gasteiger partial charge in [-0.3, -0.25) is 0 Å². The first kappa shape index (κ1) is 14.3. The highest BCUT2D eigenvalue weighted by molar-refractivity contribution is 5.66. The van der Waals surface area contributed by atoms with Gasteiger partial charge in [-0.15, -0.1) is 0 Å². The highest BCUT2D eigenvalue weighted by Gasteiger charge is 2.30. The minimum atomic E-state index is -1.55. The van der Waals surface area contributed by atoms with Gasteiger partial charge in [0.1, 0.15) is 0 Å². The SMILES string of the molecule is CCCc1ccc(C2=CCC(C(C)(O)O)CC2)cc1. The summed E-state index contributed by atoms with van der Waals surface area (Å²) in [6.07, 6.45) is 6.98. The summed E-state index contributed by atoms with van der Waals surface area (Å²) < 4.78 is 0. The molecular weight excluding hydrogens is 236 g/mol. The molecule has 104 valence electrons. The summed E-state index contributed by atoms with van der Waals surface area (Å²) in [4.78, 5) is 0. The standard InChI is InChI=1S/C17H24O2/c1-3-4-13-5-7-14(8-6-13)15-9-11-16(12-10-15)17(2,18)19/h5-9,16,18-19H,3-4,10-12H2,1-2H3. The van der Waals surface area contributed by atoms with Crippen molar-refractivity contribution < 1.29 is 10.2 Å². The van der Waals surface area contributed by atoms with Gasteiger partial charge in [-0.25, -0.2) is 0 Å². The van der Waals surface area contributed by atoms with Crippen LogP contribution in [0.4, 0.5) is 0 Å². The molecule has 0 aromatic heterocycles. The number of hydrogen-bond acceptors (Lipinski definition) is 2. The van der Waals surface area contributed by atoms with E-state index in [0.29, 0.717) is 0 Å². The summed E-state index contributed by atoms with van der Waals surface area (Å²) in [6, 6.07) is 8.78. The van der Waals surface area contributed by atoms with E-state index in [0.717, 1.165) is 25.7 Å². The molecule has 1 aromatic rings. The number of rotatable bonds is 4. The molecule has 0 saturated heterocycles. The second kappa shape index (κ2) is 5.89. The first-order chi connectivity index (χ1) is 9.00. The third-order valence-electron chi connectivity index (χ3n) is 4.05. The van der Waals surface area contributed by atoms with E-state index >= 15 is 0 Å². The molecule has 0 aliphatic heterocycles. The number of allylic oxidation sites excluding steroid dienone is 2. The third kappa shape index (κ3) is 3.68. The Labute approximate surface area is 115 Å². The van der Waals surface area contributed by atoms with Crippen LogP contribution in [0, 0.1) is 5.92 Å². The summed E-state index contributed by atoms with van der Waals surface area (Å²) >= 11 is 0. The molecule has 2 rings (SSSR count). The molecule has 0 fully saturated rings. The van der Waals surface area contributed by atoms with Gasteiger partial charge in [0.15, 0.2) is 5.79 Å². The van der Waals surface area contributed by atoms with Crippen LogP contribution in [0.3, 0.4) is 0 Å². The first-order valence-electron chi connectivity index (χ1n) is 7.23. The average molecular weight is 260 g/mol. The van der Waals surface area contributed by atoms with Crippen LogP contribution in [0.2, 0.25) is 0 Å². The van der Waals surface area contributed by atoms with Crippen molar-refractivity contribution in [3.63, 3.8) is 0 Å². The molecule has 2 nitrogen and oxygen atoms in total. The van der Waals surface area contributed by atoms with E-state index in [1.165, 1.54) is 30.0 Å². The molecule has 0 bridgehead atoms. The Morgan fingerprint density at radius 3 is 2.37 bits per heavy atom. The van der Waals surface area contributed by atoms with Crippen molar-refractivity contribution in [2.24, 2.45) is 5.92 Å². The maximum atomic E-state index is 9.62. The molecule has 0 radical (unpaired) electrons. The fourth-order valence-corrected chi connectivity index (χ4v) is 2.77. The Morgan fingerprint density at radius 2 is 1.89 bits per heavy atom. The first-order valence-corrected chi connectivity index (χ1v) is 7.23. The normalized spacial score (nSPS) is 20.2. The maximum absolute atomic E-state index is 9.62. The van der Waals surface area contributed by atoms with Gasteiger partial charge in [-0.2, -0.15) is 0 Å². The summed E-state index contributed by atoms with van der Waals surface area (Å²) in [7, 11) is 0. The van der Waals surface area contributed by atoms with E-state index in [1.807, 2.05) is 0 Å². The van der Waals surface area contributed by atoms with Gasteiger partial charge < -0.3 is 10.2 Å². The highest BCUT2D eigenvalue weighted by Crippen LogP contribution is 2.34. The summed E-state index contributed by atoms with van der Waals surface area (Å²) in [5, 5.41) is 19.2. The van der Waals surface area contributed by atoms with Crippen molar-refractivity contribution >= 4 is 5.57 Å². The molecule has 1 unspecified atom stereocenters. The highest BCUT2D eigenvalue weighted by atomic mass is 16.5. The predicted molar refractivity (Wildman–Crippen MR) is 78.6 cm³/mol. The van der Waals surface area contributed by atoms with E-state index in [4.69, 9.17) is 0 Å². The molecule has 1 aliphatic rings. The van der Waals surface area contributed by atoms with Crippen LogP contribution < -0.4 is 0 Å². The van der Waals surface area contributed by atoms with Crippen molar-refractivity contribution in [2.45, 2.75) is 51.7 Å². The van der Waals surface area contributed by atoms with Gasteiger partial charge in [0.05, 0.1) is 0 Å². The fourth-order valence-electron chi connectivity index (χ4n) is 2.77. The van der Waals surface area contributed by atoms with Gasteiger partial charge in [-0.05, 0) is 49.3 Å². The maximum Gasteiger partial charge on any atom is 0.162 e. The number of hydrogen-bond donors (Lipinski definition) is 2. The summed E-state index contributed by atoms with van der Waals surface area (Å²) in [6.45, 7) is 3.68. The molecule has 19 heavy (non-hydrogen) atoms. The molecule has 0 amide bonds. The van der Waals surface area contributed by atoms with Gasteiger partial charge in [0, 0.05) is 5.92 Å². The number of aliphatic hydroxyl groups is 2. The molecule has 0 saturated carbocycles. The lowest BCUT2D eigenvalue weighted by molar-refractivity contribution is -0.186. The zero-order valence-electron chi connectivity index (χ0n) is 11.9. The Hall–Kier alpha value is -1.12. The van der Waals surface area contributed by atoms with Gasteiger partial charge in [0.2, 0.25) is 0 Å². The Balaban J connectivity index is 2.05. The van der Waals surface area contributed by atoms with E-state index in [9.17, 15) is 10.2 Å². The van der Waals surface area contributed by atoms with E-state index in [1.54, 1.807) is 0 Å². The van der Waals surface area contributed by atoms with Crippen LogP contribution in [-0.2, 0) is 6.42 Å². The molecular formula is C17H24O2. The minimum absolute atomic E-state index is 0.0457. The van der Waals surface area contributed by atoms with Gasteiger partial charge >= 0.3 is 0 Å². The number of aryl methyl sites for hydroxylation is 1. The van der Waals surface area contributed by atoms with Crippen molar-refractivity contribution in [3.8, 4) is 0 Å². The zero-order valence-corrected chi connectivity index (χ0v) is 11.9. The van der Waals surface area contributed by atoms with Crippen LogP contribution >= 0.6 is 0 Å². The topological polar surface area (TPSA) is 40.5 Å². The third-order valence-corrected chi connectivity index (χ3v) is 4.05. The zero-order chi connectivity index (χ0) is 13.9. The smallest absolute Gasteiger partial charge is 0.162 e. The summed E-state index contributed by atoms with van der Waals surface area (Å²) in [5.41, 5.74) is 4.00. The quantitative estimate of drug-likeness (QED) is 0.813. The van der Waals surface area contributed by atoms with E-state index in [-0.39, 0.29) is 5.92 Å². The van der Waals surface area contributed by atoms with Crippen molar-refractivity contribution in [1.82, 2.24) is 0 Å². The van der Waals surface area contributed by atoms with Gasteiger partial charge in [0.25, 0.3) is 0 Å². The monoisotopic (exact) mass is 260 g/mol. The molecule has 1 aromatic carbocycles. The van der Waals surface area contributed by atoms with E-state index < -0.39 is 5.79 Å². The molecule has 2 heteroatoms. The lowest BCUT2D eigenvalue weighted by Crippen LogP contribution is -2.34. The lowest BCUT2D eigenvalue weighted by Gasteiger charge is -2.30. The fraction of sp³-hybridized carbons (Fsp3) is 0.529. The van der Waals surface area contributed by atoms with E-state index in [2.05, 4.69) is 37.3 Å². The van der Waals surface area contributed by atoms with Crippen LogP contribution in [0.15, 0.2) is 30.3 Å². The molecule has 0 heterocycles. The minimum Gasteiger partial charge on any atom is -0.366 e. The van der Waals surface area contributed by atoms with Crippen LogP contribution in [0.25, 0.3) is 5.57 Å². The van der Waals surface area contributed by atoms with Crippen LogP contribution in [0.1, 0.15) is 50.7 Å². The lowest BCUT2D eigenvalue weighted by atomic mass is 9.82. The second-order valence-electron chi connectivity index (χ2n) is 5.74. The van der Waals surface area contributed by atoms with Crippen LogP contribution in [-0.4, -0.2) is 16.0 Å². The van der Waals surface area contributed by atoms with Crippen LogP contribution in [0.5, 0.6) is 0 Å². The molecule has 0 spiro atoms. The Kier molecular flexibility index (Phi) is 4.43. The second-order valence-corrected chi connectivity index (χ2v) is 5.74. The molecule has 1 atom stereocenters. The largest absolute Gasteiger partial charge is 0.366 e. The average Bonchev–Trinajstić information content (AvgIpc) is 2.39. The Morgan fingerprint density at radius 1 is 1.21 bits per heavy atom. The van der Waals surface area contributed by atoms with Crippen molar-refractivity contribution in [3.05, 3.63) is 41.5 Å². The number of benzene rings is 1. The summed E-state index contributed by atoms with van der Waals surface area (Å²) in [5.74, 6) is -1.59. The Bertz CT molecular complexity index is 437. The molecule has 1 aliphatic carbocycles. The van der Waals surface area contributed by atoms with Crippen molar-refractivity contribution in [2.75, 3.05) is 0 Å².